The number of carbonyl (C=O) groups is 3. The van der Waals surface area contributed by atoms with Crippen LogP contribution < -0.4 is 10.6 Å². The quantitative estimate of drug-likeness (QED) is 0.349. The molecular formula is C32H41N3O5. The van der Waals surface area contributed by atoms with Crippen molar-refractivity contribution in [2.24, 2.45) is 0 Å². The van der Waals surface area contributed by atoms with E-state index in [9.17, 15) is 19.5 Å². The van der Waals surface area contributed by atoms with Crippen molar-refractivity contribution in [1.82, 2.24) is 15.5 Å². The fourth-order valence-corrected chi connectivity index (χ4v) is 4.68. The van der Waals surface area contributed by atoms with Gasteiger partial charge in [0, 0.05) is 24.1 Å². The highest BCUT2D eigenvalue weighted by Gasteiger charge is 2.44. The number of phenolic OH excluding ortho intramolecular Hbond substituents is 1. The van der Waals surface area contributed by atoms with Crippen molar-refractivity contribution in [2.75, 3.05) is 0 Å². The van der Waals surface area contributed by atoms with Crippen LogP contribution in [0.1, 0.15) is 83.0 Å². The van der Waals surface area contributed by atoms with Gasteiger partial charge >= 0.3 is 6.09 Å². The zero-order chi connectivity index (χ0) is 29.4. The van der Waals surface area contributed by atoms with Crippen molar-refractivity contribution in [3.05, 3.63) is 65.2 Å². The number of nitrogens with zero attached hydrogens (tertiary/aromatic N) is 1. The number of hydrogen-bond donors (Lipinski definition) is 3. The van der Waals surface area contributed by atoms with Gasteiger partial charge in [-0.1, -0.05) is 49.6 Å². The maximum atomic E-state index is 14.4. The predicted molar refractivity (Wildman–Crippen MR) is 154 cm³/mol. The van der Waals surface area contributed by atoms with Gasteiger partial charge in [-0.25, -0.2) is 4.79 Å². The summed E-state index contributed by atoms with van der Waals surface area (Å²) in [5, 5.41) is 15.6. The van der Waals surface area contributed by atoms with Gasteiger partial charge in [0.05, 0.1) is 0 Å². The number of aromatic hydroxyl groups is 1. The number of phenols is 1. The molecule has 1 saturated carbocycles. The summed E-state index contributed by atoms with van der Waals surface area (Å²) in [4.78, 5) is 42.7. The van der Waals surface area contributed by atoms with Gasteiger partial charge in [-0.2, -0.15) is 0 Å². The Kier molecular flexibility index (Phi) is 10.2. The molecule has 3 atom stereocenters. The van der Waals surface area contributed by atoms with E-state index in [0.29, 0.717) is 11.1 Å². The van der Waals surface area contributed by atoms with Crippen LogP contribution in [0.2, 0.25) is 0 Å². The Morgan fingerprint density at radius 3 is 2.33 bits per heavy atom. The number of hydrogen-bond acceptors (Lipinski definition) is 5. The van der Waals surface area contributed by atoms with Gasteiger partial charge < -0.3 is 25.4 Å². The summed E-state index contributed by atoms with van der Waals surface area (Å²) in [6.45, 7) is 9.22. The lowest BCUT2D eigenvalue weighted by atomic mass is 9.96. The number of rotatable bonds is 11. The third-order valence-electron chi connectivity index (χ3n) is 6.61. The molecule has 0 aliphatic heterocycles. The molecule has 0 aromatic heterocycles. The zero-order valence-electron chi connectivity index (χ0n) is 24.1. The van der Waals surface area contributed by atoms with Gasteiger partial charge in [0.1, 0.15) is 23.4 Å². The first-order valence-corrected chi connectivity index (χ1v) is 13.9. The maximum absolute atomic E-state index is 14.4. The van der Waals surface area contributed by atoms with E-state index in [2.05, 4.69) is 16.6 Å². The summed E-state index contributed by atoms with van der Waals surface area (Å²) < 4.78 is 5.47. The van der Waals surface area contributed by atoms with E-state index < -0.39 is 29.7 Å². The summed E-state index contributed by atoms with van der Waals surface area (Å²) in [5.74, 6) is 2.04. The Labute approximate surface area is 237 Å². The number of alkyl carbamates (subject to hydrolysis) is 1. The topological polar surface area (TPSA) is 108 Å². The minimum Gasteiger partial charge on any atom is -0.508 e. The standard InChI is InChI=1S/C32H41N3O5/c1-7-11-21(3)33-29(37)28(26-13-10-9-12-23(26)8-2)35(24-16-17-24)30(38)27(34-31(39)40-32(4,5)6)20-22-14-18-25(36)19-15-22/h2,9-10,12-15,18-19,21,24,27-28,36H,7,11,16-17,20H2,1,3-6H3,(H,33,37)(H,34,39). The van der Waals surface area contributed by atoms with E-state index in [1.165, 1.54) is 12.1 Å². The van der Waals surface area contributed by atoms with Crippen LogP contribution in [0.25, 0.3) is 0 Å². The van der Waals surface area contributed by atoms with E-state index in [1.54, 1.807) is 62.1 Å². The lowest BCUT2D eigenvalue weighted by Crippen LogP contribution is -2.55. The average molecular weight is 548 g/mol. The highest BCUT2D eigenvalue weighted by molar-refractivity contribution is 5.93. The third kappa shape index (κ3) is 8.51. The fraction of sp³-hybridized carbons (Fsp3) is 0.469. The van der Waals surface area contributed by atoms with Crippen LogP contribution >= 0.6 is 0 Å². The molecule has 3 N–H and O–H groups in total. The summed E-state index contributed by atoms with van der Waals surface area (Å²) in [5.41, 5.74) is 1.05. The Bertz CT molecular complexity index is 1220. The number of carbonyl (C=O) groups excluding carboxylic acids is 3. The lowest BCUT2D eigenvalue weighted by Gasteiger charge is -2.35. The van der Waals surface area contributed by atoms with Crippen LogP contribution in [0.3, 0.4) is 0 Å². The predicted octanol–water partition coefficient (Wildman–Crippen LogP) is 4.85. The Morgan fingerprint density at radius 1 is 1.10 bits per heavy atom. The molecule has 40 heavy (non-hydrogen) atoms. The van der Waals surface area contributed by atoms with Crippen molar-refractivity contribution < 1.29 is 24.2 Å². The maximum Gasteiger partial charge on any atom is 0.408 e. The molecule has 0 saturated heterocycles. The van der Waals surface area contributed by atoms with Crippen LogP contribution in [0.15, 0.2) is 48.5 Å². The van der Waals surface area contributed by atoms with Crippen LogP contribution in [-0.2, 0) is 20.7 Å². The van der Waals surface area contributed by atoms with Gasteiger partial charge in [-0.15, -0.1) is 6.42 Å². The number of nitrogens with one attached hydrogen (secondary N) is 2. The molecule has 8 nitrogen and oxygen atoms in total. The van der Waals surface area contributed by atoms with E-state index in [1.807, 2.05) is 13.8 Å². The SMILES string of the molecule is C#Cc1ccccc1C(C(=O)NC(C)CCC)N(C(=O)C(Cc1ccc(O)cc1)NC(=O)OC(C)(C)C)C1CC1. The van der Waals surface area contributed by atoms with Crippen LogP contribution in [0.5, 0.6) is 5.75 Å². The smallest absolute Gasteiger partial charge is 0.408 e. The summed E-state index contributed by atoms with van der Waals surface area (Å²) in [7, 11) is 0. The van der Waals surface area contributed by atoms with Gasteiger partial charge in [-0.3, -0.25) is 9.59 Å². The van der Waals surface area contributed by atoms with E-state index in [-0.39, 0.29) is 30.2 Å². The molecule has 3 unspecified atom stereocenters. The van der Waals surface area contributed by atoms with E-state index in [0.717, 1.165) is 31.2 Å². The number of amides is 3. The second-order valence-electron chi connectivity index (χ2n) is 11.4. The van der Waals surface area contributed by atoms with Crippen molar-refractivity contribution in [3.8, 4) is 18.1 Å². The fourth-order valence-electron chi connectivity index (χ4n) is 4.68. The van der Waals surface area contributed by atoms with Gasteiger partial charge in [-0.05, 0) is 76.3 Å². The minimum absolute atomic E-state index is 0.0927. The monoisotopic (exact) mass is 547 g/mol. The first-order chi connectivity index (χ1) is 18.9. The third-order valence-corrected chi connectivity index (χ3v) is 6.61. The molecule has 8 heteroatoms. The van der Waals surface area contributed by atoms with Crippen LogP contribution in [0, 0.1) is 12.3 Å². The Morgan fingerprint density at radius 2 is 1.75 bits per heavy atom. The average Bonchev–Trinajstić information content (AvgIpc) is 3.72. The molecular weight excluding hydrogens is 506 g/mol. The largest absolute Gasteiger partial charge is 0.508 e. The van der Waals surface area contributed by atoms with Crippen molar-refractivity contribution >= 4 is 17.9 Å². The number of terminal acetylenes is 1. The second-order valence-corrected chi connectivity index (χ2v) is 11.4. The van der Waals surface area contributed by atoms with Crippen molar-refractivity contribution in [1.29, 1.82) is 0 Å². The highest BCUT2D eigenvalue weighted by atomic mass is 16.6. The molecule has 0 heterocycles. The molecule has 2 aromatic rings. The van der Waals surface area contributed by atoms with Crippen molar-refractivity contribution in [3.63, 3.8) is 0 Å². The molecule has 3 rings (SSSR count). The Hall–Kier alpha value is -3.99. The summed E-state index contributed by atoms with van der Waals surface area (Å²) >= 11 is 0. The lowest BCUT2D eigenvalue weighted by molar-refractivity contribution is -0.143. The molecule has 1 fully saturated rings. The first-order valence-electron chi connectivity index (χ1n) is 13.9. The molecule has 0 radical (unpaired) electrons. The van der Waals surface area contributed by atoms with Gasteiger partial charge in [0.15, 0.2) is 0 Å². The molecule has 0 bridgehead atoms. The van der Waals surface area contributed by atoms with Crippen molar-refractivity contribution in [2.45, 2.75) is 96.5 Å². The first kappa shape index (κ1) is 30.6. The molecule has 1 aliphatic rings. The van der Waals surface area contributed by atoms with E-state index in [4.69, 9.17) is 11.2 Å². The molecule has 2 aromatic carbocycles. The molecule has 1 aliphatic carbocycles. The van der Waals surface area contributed by atoms with Gasteiger partial charge in [0.25, 0.3) is 0 Å². The molecule has 3 amide bonds. The van der Waals surface area contributed by atoms with Gasteiger partial charge in [0.2, 0.25) is 11.8 Å². The second kappa shape index (κ2) is 13.4. The highest BCUT2D eigenvalue weighted by Crippen LogP contribution is 2.37. The van der Waals surface area contributed by atoms with E-state index >= 15 is 0 Å². The zero-order valence-corrected chi connectivity index (χ0v) is 24.1. The van der Waals surface area contributed by atoms with Crippen LogP contribution in [0.4, 0.5) is 4.79 Å². The minimum atomic E-state index is -1.03. The number of benzene rings is 2. The normalized spacial score (nSPS) is 15.2. The molecule has 214 valence electrons. The summed E-state index contributed by atoms with van der Waals surface area (Å²) in [6.07, 6.45) is 8.38. The Balaban J connectivity index is 2.05. The molecule has 0 spiro atoms. The van der Waals surface area contributed by atoms with Crippen LogP contribution in [-0.4, -0.2) is 51.6 Å². The summed E-state index contributed by atoms with van der Waals surface area (Å²) in [6, 6.07) is 11.3. The number of ether oxygens (including phenoxy) is 1.